The molecule has 0 saturated heterocycles. The number of benzene rings is 2. The van der Waals surface area contributed by atoms with Gasteiger partial charge in [0.1, 0.15) is 12.6 Å². The summed E-state index contributed by atoms with van der Waals surface area (Å²) in [6, 6.07) is 14.7. The van der Waals surface area contributed by atoms with Gasteiger partial charge in [0.25, 0.3) is 0 Å². The number of methoxy groups -OCH3 is 1. The van der Waals surface area contributed by atoms with Crippen LogP contribution in [-0.2, 0) is 19.1 Å². The molecule has 1 unspecified atom stereocenters. The van der Waals surface area contributed by atoms with Gasteiger partial charge in [-0.05, 0) is 42.0 Å². The Morgan fingerprint density at radius 2 is 1.61 bits per heavy atom. The van der Waals surface area contributed by atoms with Gasteiger partial charge in [-0.3, -0.25) is 9.59 Å². The number of hydrogen-bond acceptors (Lipinski definition) is 5. The average Bonchev–Trinajstić information content (AvgIpc) is 3.10. The van der Waals surface area contributed by atoms with Gasteiger partial charge in [0.15, 0.2) is 0 Å². The van der Waals surface area contributed by atoms with Crippen molar-refractivity contribution in [2.75, 3.05) is 20.3 Å². The molecule has 2 amide bonds. The zero-order valence-electron chi connectivity index (χ0n) is 18.9. The summed E-state index contributed by atoms with van der Waals surface area (Å²) >= 11 is 0. The highest BCUT2D eigenvalue weighted by Gasteiger charge is 2.30. The van der Waals surface area contributed by atoms with Gasteiger partial charge in [0.2, 0.25) is 5.91 Å². The lowest BCUT2D eigenvalue weighted by atomic mass is 9.98. The number of carboxylic acids is 1. The van der Waals surface area contributed by atoms with Crippen LogP contribution in [-0.4, -0.2) is 55.5 Å². The highest BCUT2D eigenvalue weighted by Crippen LogP contribution is 2.44. The van der Waals surface area contributed by atoms with Crippen molar-refractivity contribution < 1.29 is 29.0 Å². The molecule has 8 heteroatoms. The molecule has 176 valence electrons. The fourth-order valence-corrected chi connectivity index (χ4v) is 4.14. The zero-order chi connectivity index (χ0) is 23.8. The molecular formula is C25H30N2O6. The first-order chi connectivity index (χ1) is 15.9. The predicted octanol–water partition coefficient (Wildman–Crippen LogP) is 3.30. The maximum Gasteiger partial charge on any atom is 0.407 e. The fraction of sp³-hybridized carbons (Fsp3) is 0.400. The first-order valence-corrected chi connectivity index (χ1v) is 11.0. The van der Waals surface area contributed by atoms with Crippen molar-refractivity contribution in [3.63, 3.8) is 0 Å². The molecule has 2 aromatic rings. The summed E-state index contributed by atoms with van der Waals surface area (Å²) in [5, 5.41) is 14.2. The minimum Gasteiger partial charge on any atom is -0.481 e. The third-order valence-electron chi connectivity index (χ3n) is 5.66. The van der Waals surface area contributed by atoms with Gasteiger partial charge >= 0.3 is 12.1 Å². The van der Waals surface area contributed by atoms with Crippen molar-refractivity contribution >= 4 is 18.0 Å². The summed E-state index contributed by atoms with van der Waals surface area (Å²) in [6.07, 6.45) is -0.0169. The van der Waals surface area contributed by atoms with E-state index in [1.807, 2.05) is 36.4 Å². The van der Waals surface area contributed by atoms with Crippen molar-refractivity contribution in [1.29, 1.82) is 0 Å². The SMILES string of the molecule is COCCCC(NC(=O)OCC1c2ccccc2-c2ccccc21)C(=O)N[C@H](C)CC(=O)O. The Morgan fingerprint density at radius 3 is 2.18 bits per heavy atom. The molecule has 0 bridgehead atoms. The van der Waals surface area contributed by atoms with E-state index in [1.165, 1.54) is 0 Å². The first kappa shape index (κ1) is 24.3. The van der Waals surface area contributed by atoms with Crippen LogP contribution in [0, 0.1) is 0 Å². The summed E-state index contributed by atoms with van der Waals surface area (Å²) in [5.41, 5.74) is 4.46. The Kier molecular flexibility index (Phi) is 8.43. The molecule has 0 fully saturated rings. The number of fused-ring (bicyclic) bond motifs is 3. The molecule has 3 N–H and O–H groups in total. The molecule has 0 aromatic heterocycles. The molecular weight excluding hydrogens is 424 g/mol. The number of nitrogens with one attached hydrogen (secondary N) is 2. The number of ether oxygens (including phenoxy) is 2. The molecule has 0 spiro atoms. The fourth-order valence-electron chi connectivity index (χ4n) is 4.14. The van der Waals surface area contributed by atoms with Gasteiger partial charge in [0.05, 0.1) is 6.42 Å². The van der Waals surface area contributed by atoms with E-state index in [4.69, 9.17) is 14.6 Å². The van der Waals surface area contributed by atoms with E-state index < -0.39 is 30.1 Å². The third-order valence-corrected chi connectivity index (χ3v) is 5.66. The number of hydrogen-bond donors (Lipinski definition) is 3. The molecule has 0 aliphatic heterocycles. The average molecular weight is 455 g/mol. The van der Waals surface area contributed by atoms with Gasteiger partial charge in [-0.25, -0.2) is 4.79 Å². The Labute approximate surface area is 193 Å². The number of alkyl carbamates (subject to hydrolysis) is 1. The standard InChI is InChI=1S/C25H30N2O6/c1-16(14-23(28)29)26-24(30)22(12-7-13-32-2)27-25(31)33-15-21-19-10-5-3-8-17(19)18-9-4-6-11-20(18)21/h3-6,8-11,16,21-22H,7,12-15H2,1-2H3,(H,26,30)(H,27,31)(H,28,29)/t16-,22?/m1/s1. The van der Waals surface area contributed by atoms with E-state index >= 15 is 0 Å². The lowest BCUT2D eigenvalue weighted by molar-refractivity contribution is -0.137. The molecule has 3 rings (SSSR count). The predicted molar refractivity (Wildman–Crippen MR) is 123 cm³/mol. The Balaban J connectivity index is 1.63. The second-order valence-electron chi connectivity index (χ2n) is 8.16. The number of carbonyl (C=O) groups excluding carboxylic acids is 2. The molecule has 0 heterocycles. The van der Waals surface area contributed by atoms with Crippen LogP contribution in [0.5, 0.6) is 0 Å². The van der Waals surface area contributed by atoms with E-state index in [-0.39, 0.29) is 18.9 Å². The monoisotopic (exact) mass is 454 g/mol. The van der Waals surface area contributed by atoms with E-state index in [9.17, 15) is 14.4 Å². The number of aliphatic carboxylic acids is 1. The van der Waals surface area contributed by atoms with Gasteiger partial charge < -0.3 is 25.2 Å². The second-order valence-corrected chi connectivity index (χ2v) is 8.16. The van der Waals surface area contributed by atoms with Crippen LogP contribution >= 0.6 is 0 Å². The van der Waals surface area contributed by atoms with Crippen LogP contribution in [0.15, 0.2) is 48.5 Å². The lowest BCUT2D eigenvalue weighted by Gasteiger charge is -2.21. The van der Waals surface area contributed by atoms with E-state index in [2.05, 4.69) is 22.8 Å². The molecule has 1 aliphatic rings. The lowest BCUT2D eigenvalue weighted by Crippen LogP contribution is -2.49. The molecule has 8 nitrogen and oxygen atoms in total. The van der Waals surface area contributed by atoms with Gasteiger partial charge in [-0.2, -0.15) is 0 Å². The largest absolute Gasteiger partial charge is 0.481 e. The van der Waals surface area contributed by atoms with Gasteiger partial charge in [0, 0.05) is 25.7 Å². The highest BCUT2D eigenvalue weighted by atomic mass is 16.5. The summed E-state index contributed by atoms with van der Waals surface area (Å²) in [5.74, 6) is -1.55. The molecule has 0 radical (unpaired) electrons. The number of rotatable bonds is 11. The number of carboxylic acid groups (broad SMARTS) is 1. The van der Waals surface area contributed by atoms with E-state index in [0.29, 0.717) is 19.4 Å². The van der Waals surface area contributed by atoms with Crippen molar-refractivity contribution in [1.82, 2.24) is 10.6 Å². The van der Waals surface area contributed by atoms with Crippen LogP contribution < -0.4 is 10.6 Å². The zero-order valence-corrected chi connectivity index (χ0v) is 18.9. The summed E-state index contributed by atoms with van der Waals surface area (Å²) in [7, 11) is 1.56. The maximum absolute atomic E-state index is 12.6. The minimum absolute atomic E-state index is 0.0838. The molecule has 2 atom stereocenters. The smallest absolute Gasteiger partial charge is 0.407 e. The van der Waals surface area contributed by atoms with Crippen LogP contribution in [0.25, 0.3) is 11.1 Å². The van der Waals surface area contributed by atoms with Gasteiger partial charge in [-0.1, -0.05) is 48.5 Å². The first-order valence-electron chi connectivity index (χ1n) is 11.0. The molecule has 2 aromatic carbocycles. The topological polar surface area (TPSA) is 114 Å². The summed E-state index contributed by atoms with van der Waals surface area (Å²) in [4.78, 5) is 36.1. The maximum atomic E-state index is 12.6. The van der Waals surface area contributed by atoms with E-state index in [0.717, 1.165) is 22.3 Å². The number of carbonyl (C=O) groups is 3. The van der Waals surface area contributed by atoms with Crippen LogP contribution in [0.3, 0.4) is 0 Å². The molecule has 33 heavy (non-hydrogen) atoms. The third kappa shape index (κ3) is 6.32. The highest BCUT2D eigenvalue weighted by molar-refractivity contribution is 5.86. The van der Waals surface area contributed by atoms with Crippen molar-refractivity contribution in [2.24, 2.45) is 0 Å². The van der Waals surface area contributed by atoms with Crippen LogP contribution in [0.2, 0.25) is 0 Å². The molecule has 1 aliphatic carbocycles. The number of amides is 2. The quantitative estimate of drug-likeness (QED) is 0.449. The summed E-state index contributed by atoms with van der Waals surface area (Å²) in [6.45, 7) is 2.17. The van der Waals surface area contributed by atoms with Crippen molar-refractivity contribution in [2.45, 2.75) is 44.2 Å². The second kappa shape index (κ2) is 11.5. The minimum atomic E-state index is -1.01. The van der Waals surface area contributed by atoms with Gasteiger partial charge in [-0.15, -0.1) is 0 Å². The molecule has 0 saturated carbocycles. The van der Waals surface area contributed by atoms with Crippen molar-refractivity contribution in [3.05, 3.63) is 59.7 Å². The summed E-state index contributed by atoms with van der Waals surface area (Å²) < 4.78 is 10.6. The Hall–Kier alpha value is -3.39. The van der Waals surface area contributed by atoms with Crippen LogP contribution in [0.1, 0.15) is 43.2 Å². The Bertz CT molecular complexity index is 947. The van der Waals surface area contributed by atoms with Crippen LogP contribution in [0.4, 0.5) is 4.79 Å². The normalized spacial score (nSPS) is 14.0. The van der Waals surface area contributed by atoms with E-state index in [1.54, 1.807) is 14.0 Å². The van der Waals surface area contributed by atoms with Crippen molar-refractivity contribution in [3.8, 4) is 11.1 Å². The Morgan fingerprint density at radius 1 is 1.00 bits per heavy atom.